The normalized spacial score (nSPS) is 10.0. The van der Waals surface area contributed by atoms with Crippen LogP contribution in [0.4, 0.5) is 5.69 Å². The Hall–Kier alpha value is -2.27. The molecule has 0 fully saturated rings. The van der Waals surface area contributed by atoms with E-state index in [0.717, 1.165) is 4.90 Å². The zero-order valence-electron chi connectivity index (χ0n) is 12.2. The Bertz CT molecular complexity index is 626. The maximum atomic E-state index is 11.9. The lowest BCUT2D eigenvalue weighted by Gasteiger charge is -2.06. The van der Waals surface area contributed by atoms with Crippen LogP contribution in [0.2, 0.25) is 0 Å². The zero-order chi connectivity index (χ0) is 15.8. The Morgan fingerprint density at radius 2 is 1.73 bits per heavy atom. The molecule has 2 aromatic rings. The van der Waals surface area contributed by atoms with Crippen LogP contribution in [0.5, 0.6) is 0 Å². The van der Waals surface area contributed by atoms with Crippen molar-refractivity contribution in [3.8, 4) is 0 Å². The predicted molar refractivity (Wildman–Crippen MR) is 88.2 cm³/mol. The van der Waals surface area contributed by atoms with E-state index >= 15 is 0 Å². The Kier molecular flexibility index (Phi) is 6.03. The van der Waals surface area contributed by atoms with Gasteiger partial charge in [0.05, 0.1) is 17.9 Å². The summed E-state index contributed by atoms with van der Waals surface area (Å²) in [6.45, 7) is 2.10. The highest BCUT2D eigenvalue weighted by atomic mass is 32.2. The summed E-state index contributed by atoms with van der Waals surface area (Å²) in [7, 11) is 0. The SMILES string of the molecule is CCOC(=O)c1ccc(NC(=O)CSc2ccccc2)cc1. The van der Waals surface area contributed by atoms with Crippen molar-refractivity contribution in [2.45, 2.75) is 11.8 Å². The monoisotopic (exact) mass is 315 g/mol. The largest absolute Gasteiger partial charge is 0.462 e. The number of carbonyl (C=O) groups is 2. The third kappa shape index (κ3) is 4.93. The number of carbonyl (C=O) groups excluding carboxylic acids is 2. The topological polar surface area (TPSA) is 55.4 Å². The number of anilines is 1. The van der Waals surface area contributed by atoms with Gasteiger partial charge in [0, 0.05) is 10.6 Å². The summed E-state index contributed by atoms with van der Waals surface area (Å²) >= 11 is 1.48. The Morgan fingerprint density at radius 3 is 2.36 bits per heavy atom. The van der Waals surface area contributed by atoms with E-state index in [9.17, 15) is 9.59 Å². The third-order valence-corrected chi connectivity index (χ3v) is 3.80. The van der Waals surface area contributed by atoms with Gasteiger partial charge < -0.3 is 10.1 Å². The van der Waals surface area contributed by atoms with Crippen LogP contribution in [0.15, 0.2) is 59.5 Å². The molecule has 0 aliphatic rings. The summed E-state index contributed by atoms with van der Waals surface area (Å²) in [4.78, 5) is 24.5. The van der Waals surface area contributed by atoms with Crippen LogP contribution in [0.3, 0.4) is 0 Å². The minimum atomic E-state index is -0.361. The average molecular weight is 315 g/mol. The zero-order valence-corrected chi connectivity index (χ0v) is 13.1. The molecule has 0 unspecified atom stereocenters. The van der Waals surface area contributed by atoms with Crippen LogP contribution in [0.1, 0.15) is 17.3 Å². The number of amides is 1. The molecule has 0 saturated carbocycles. The van der Waals surface area contributed by atoms with E-state index in [0.29, 0.717) is 23.6 Å². The van der Waals surface area contributed by atoms with Gasteiger partial charge in [0.25, 0.3) is 0 Å². The molecule has 2 aromatic carbocycles. The molecule has 0 heterocycles. The van der Waals surface area contributed by atoms with Crippen LogP contribution in [0, 0.1) is 0 Å². The molecule has 0 bridgehead atoms. The fourth-order valence-electron chi connectivity index (χ4n) is 1.77. The Balaban J connectivity index is 1.85. The Labute approximate surface area is 133 Å². The molecule has 0 atom stereocenters. The third-order valence-electron chi connectivity index (χ3n) is 2.79. The fourth-order valence-corrected chi connectivity index (χ4v) is 2.49. The molecule has 0 aliphatic heterocycles. The van der Waals surface area contributed by atoms with Crippen molar-refractivity contribution in [2.75, 3.05) is 17.7 Å². The second kappa shape index (κ2) is 8.24. The smallest absolute Gasteiger partial charge is 0.338 e. The van der Waals surface area contributed by atoms with Crippen LogP contribution in [0.25, 0.3) is 0 Å². The molecule has 22 heavy (non-hydrogen) atoms. The maximum absolute atomic E-state index is 11.9. The highest BCUT2D eigenvalue weighted by molar-refractivity contribution is 8.00. The summed E-state index contributed by atoms with van der Waals surface area (Å²) in [6.07, 6.45) is 0. The first kappa shape index (κ1) is 16.1. The van der Waals surface area contributed by atoms with Crippen molar-refractivity contribution in [2.24, 2.45) is 0 Å². The van der Waals surface area contributed by atoms with E-state index in [1.165, 1.54) is 11.8 Å². The minimum Gasteiger partial charge on any atom is -0.462 e. The summed E-state index contributed by atoms with van der Waals surface area (Å²) in [5, 5.41) is 2.80. The molecule has 0 saturated heterocycles. The Morgan fingerprint density at radius 1 is 1.05 bits per heavy atom. The highest BCUT2D eigenvalue weighted by Gasteiger charge is 2.07. The van der Waals surface area contributed by atoms with Gasteiger partial charge in [-0.15, -0.1) is 11.8 Å². The van der Waals surface area contributed by atoms with Gasteiger partial charge in [-0.1, -0.05) is 18.2 Å². The quantitative estimate of drug-likeness (QED) is 0.654. The first-order valence-electron chi connectivity index (χ1n) is 6.94. The van der Waals surface area contributed by atoms with Gasteiger partial charge in [0.15, 0.2) is 0 Å². The van der Waals surface area contributed by atoms with Gasteiger partial charge in [-0.3, -0.25) is 4.79 Å². The van der Waals surface area contributed by atoms with E-state index < -0.39 is 0 Å². The second-order valence-electron chi connectivity index (χ2n) is 4.45. The molecule has 4 nitrogen and oxygen atoms in total. The number of hydrogen-bond acceptors (Lipinski definition) is 4. The molecule has 1 amide bonds. The minimum absolute atomic E-state index is 0.0854. The number of esters is 1. The number of benzene rings is 2. The van der Waals surface area contributed by atoms with Crippen LogP contribution in [-0.2, 0) is 9.53 Å². The van der Waals surface area contributed by atoms with Crippen LogP contribution < -0.4 is 5.32 Å². The molecule has 114 valence electrons. The van der Waals surface area contributed by atoms with E-state index in [4.69, 9.17) is 4.74 Å². The number of thioether (sulfide) groups is 1. The van der Waals surface area contributed by atoms with Gasteiger partial charge in [0.2, 0.25) is 5.91 Å². The van der Waals surface area contributed by atoms with Gasteiger partial charge in [-0.2, -0.15) is 0 Å². The van der Waals surface area contributed by atoms with E-state index in [-0.39, 0.29) is 11.9 Å². The molecule has 0 radical (unpaired) electrons. The fraction of sp³-hybridized carbons (Fsp3) is 0.176. The lowest BCUT2D eigenvalue weighted by atomic mass is 10.2. The van der Waals surface area contributed by atoms with Gasteiger partial charge in [-0.05, 0) is 43.3 Å². The molecule has 2 rings (SSSR count). The lowest BCUT2D eigenvalue weighted by Crippen LogP contribution is -2.14. The first-order valence-corrected chi connectivity index (χ1v) is 7.92. The molecule has 0 spiro atoms. The summed E-state index contributed by atoms with van der Waals surface area (Å²) in [5.74, 6) is -0.110. The van der Waals surface area contributed by atoms with Crippen LogP contribution in [-0.4, -0.2) is 24.2 Å². The average Bonchev–Trinajstić information content (AvgIpc) is 2.55. The second-order valence-corrected chi connectivity index (χ2v) is 5.50. The first-order chi connectivity index (χ1) is 10.7. The maximum Gasteiger partial charge on any atom is 0.338 e. The van der Waals surface area contributed by atoms with Gasteiger partial charge >= 0.3 is 5.97 Å². The van der Waals surface area contributed by atoms with Gasteiger partial charge in [-0.25, -0.2) is 4.79 Å². The predicted octanol–water partition coefficient (Wildman–Crippen LogP) is 3.59. The summed E-state index contributed by atoms with van der Waals surface area (Å²) in [6, 6.07) is 16.4. The van der Waals surface area contributed by atoms with E-state index in [1.807, 2.05) is 30.3 Å². The number of rotatable bonds is 6. The van der Waals surface area contributed by atoms with Crippen molar-refractivity contribution in [1.82, 2.24) is 0 Å². The summed E-state index contributed by atoms with van der Waals surface area (Å²) in [5.41, 5.74) is 1.13. The molecular formula is C17H17NO3S. The number of hydrogen-bond donors (Lipinski definition) is 1. The van der Waals surface area contributed by atoms with E-state index in [1.54, 1.807) is 31.2 Å². The van der Waals surface area contributed by atoms with Gasteiger partial charge in [0.1, 0.15) is 0 Å². The standard InChI is InChI=1S/C17H17NO3S/c1-2-21-17(20)13-8-10-14(11-9-13)18-16(19)12-22-15-6-4-3-5-7-15/h3-11H,2,12H2,1H3,(H,18,19). The summed E-state index contributed by atoms with van der Waals surface area (Å²) < 4.78 is 4.91. The van der Waals surface area contributed by atoms with Crippen molar-refractivity contribution in [3.05, 3.63) is 60.2 Å². The van der Waals surface area contributed by atoms with Crippen molar-refractivity contribution in [3.63, 3.8) is 0 Å². The van der Waals surface area contributed by atoms with Crippen molar-refractivity contribution in [1.29, 1.82) is 0 Å². The lowest BCUT2D eigenvalue weighted by molar-refractivity contribution is -0.113. The molecule has 0 aliphatic carbocycles. The highest BCUT2D eigenvalue weighted by Crippen LogP contribution is 2.17. The van der Waals surface area contributed by atoms with Crippen molar-refractivity contribution < 1.29 is 14.3 Å². The molecule has 0 aromatic heterocycles. The van der Waals surface area contributed by atoms with E-state index in [2.05, 4.69) is 5.32 Å². The number of ether oxygens (including phenoxy) is 1. The molecule has 5 heteroatoms. The van der Waals surface area contributed by atoms with Crippen molar-refractivity contribution >= 4 is 29.3 Å². The molecular weight excluding hydrogens is 298 g/mol. The van der Waals surface area contributed by atoms with Crippen LogP contribution >= 0.6 is 11.8 Å². The number of nitrogens with one attached hydrogen (secondary N) is 1. The molecule has 1 N–H and O–H groups in total.